The van der Waals surface area contributed by atoms with E-state index in [4.69, 9.17) is 4.42 Å². The van der Waals surface area contributed by atoms with Gasteiger partial charge in [-0.1, -0.05) is 18.2 Å². The van der Waals surface area contributed by atoms with E-state index in [9.17, 15) is 14.9 Å². The SMILES string of the molecule is Cc1nn(-c2ccccc2)c(CN2C(=O)NC(C)(c3ccco3)C2=O)c1C#N. The fraction of sp³-hybridized carbons (Fsp3) is 0.200. The van der Waals surface area contributed by atoms with Crippen LogP contribution in [0.4, 0.5) is 4.79 Å². The van der Waals surface area contributed by atoms with E-state index in [0.717, 1.165) is 10.6 Å². The lowest BCUT2D eigenvalue weighted by Gasteiger charge is -2.19. The van der Waals surface area contributed by atoms with Gasteiger partial charge in [0.15, 0.2) is 5.54 Å². The number of imide groups is 1. The summed E-state index contributed by atoms with van der Waals surface area (Å²) in [6.45, 7) is 3.23. The van der Waals surface area contributed by atoms with Gasteiger partial charge < -0.3 is 9.73 Å². The van der Waals surface area contributed by atoms with Crippen LogP contribution in [0.2, 0.25) is 0 Å². The van der Waals surface area contributed by atoms with Crippen molar-refractivity contribution in [1.82, 2.24) is 20.0 Å². The average Bonchev–Trinajstić information content (AvgIpc) is 3.38. The van der Waals surface area contributed by atoms with E-state index in [1.54, 1.807) is 30.7 Å². The fourth-order valence-electron chi connectivity index (χ4n) is 3.37. The molecule has 8 heteroatoms. The summed E-state index contributed by atoms with van der Waals surface area (Å²) in [4.78, 5) is 26.7. The molecule has 0 bridgehead atoms. The first-order valence-corrected chi connectivity index (χ1v) is 8.68. The Labute approximate surface area is 161 Å². The second-order valence-corrected chi connectivity index (χ2v) is 6.69. The third kappa shape index (κ3) is 2.56. The van der Waals surface area contributed by atoms with Gasteiger partial charge in [0, 0.05) is 0 Å². The number of hydrogen-bond acceptors (Lipinski definition) is 5. The van der Waals surface area contributed by atoms with Crippen molar-refractivity contribution in [2.75, 3.05) is 0 Å². The number of carbonyl (C=O) groups excluding carboxylic acids is 2. The van der Waals surface area contributed by atoms with Crippen LogP contribution in [0.25, 0.3) is 5.69 Å². The van der Waals surface area contributed by atoms with Gasteiger partial charge in [0.05, 0.1) is 35.4 Å². The van der Waals surface area contributed by atoms with E-state index in [0.29, 0.717) is 22.7 Å². The maximum absolute atomic E-state index is 13.1. The molecule has 0 aliphatic carbocycles. The standard InChI is InChI=1S/C20H17N5O3/c1-13-15(11-21)16(25(23-13)14-7-4-3-5-8-14)12-24-18(26)20(2,22-19(24)27)17-9-6-10-28-17/h3-10H,12H2,1-2H3,(H,22,27). The van der Waals surface area contributed by atoms with Crippen LogP contribution >= 0.6 is 0 Å². The molecule has 0 saturated carbocycles. The minimum atomic E-state index is -1.29. The molecule has 1 aromatic carbocycles. The summed E-state index contributed by atoms with van der Waals surface area (Å²) in [5.41, 5.74) is 0.791. The molecule has 3 aromatic rings. The number of urea groups is 1. The molecule has 1 aliphatic rings. The first kappa shape index (κ1) is 17.5. The Hall–Kier alpha value is -3.86. The van der Waals surface area contributed by atoms with Crippen LogP contribution in [0.5, 0.6) is 0 Å². The summed E-state index contributed by atoms with van der Waals surface area (Å²) in [7, 11) is 0. The molecule has 4 rings (SSSR count). The van der Waals surface area contributed by atoms with Crippen molar-refractivity contribution in [3.05, 3.63) is 71.4 Å². The number of nitriles is 1. The van der Waals surface area contributed by atoms with E-state index >= 15 is 0 Å². The van der Waals surface area contributed by atoms with Crippen molar-refractivity contribution < 1.29 is 14.0 Å². The Morgan fingerprint density at radius 3 is 2.61 bits per heavy atom. The van der Waals surface area contributed by atoms with E-state index in [1.807, 2.05) is 30.3 Å². The third-order valence-corrected chi connectivity index (χ3v) is 4.87. The van der Waals surface area contributed by atoms with Gasteiger partial charge in [-0.05, 0) is 38.1 Å². The molecule has 140 valence electrons. The lowest BCUT2D eigenvalue weighted by atomic mass is 9.99. The van der Waals surface area contributed by atoms with Crippen LogP contribution in [0.1, 0.15) is 29.6 Å². The lowest BCUT2D eigenvalue weighted by molar-refractivity contribution is -0.132. The molecule has 2 aromatic heterocycles. The Morgan fingerprint density at radius 2 is 1.96 bits per heavy atom. The smallest absolute Gasteiger partial charge is 0.325 e. The monoisotopic (exact) mass is 375 g/mol. The number of nitrogens with zero attached hydrogens (tertiary/aromatic N) is 4. The Morgan fingerprint density at radius 1 is 1.21 bits per heavy atom. The van der Waals surface area contributed by atoms with Gasteiger partial charge in [-0.3, -0.25) is 9.69 Å². The van der Waals surface area contributed by atoms with Crippen LogP contribution in [0, 0.1) is 18.3 Å². The summed E-state index contributed by atoms with van der Waals surface area (Å²) >= 11 is 0. The van der Waals surface area contributed by atoms with Crippen LogP contribution < -0.4 is 5.32 Å². The highest BCUT2D eigenvalue weighted by molar-refractivity contribution is 6.06. The molecule has 1 aliphatic heterocycles. The number of amides is 3. The Bertz CT molecular complexity index is 1100. The Kier molecular flexibility index (Phi) is 4.00. The molecule has 8 nitrogen and oxygen atoms in total. The van der Waals surface area contributed by atoms with E-state index in [-0.39, 0.29) is 6.54 Å². The Balaban J connectivity index is 1.75. The highest BCUT2D eigenvalue weighted by Crippen LogP contribution is 2.31. The second kappa shape index (κ2) is 6.39. The average molecular weight is 375 g/mol. The van der Waals surface area contributed by atoms with Crippen molar-refractivity contribution in [2.45, 2.75) is 25.9 Å². The number of benzene rings is 1. The summed E-state index contributed by atoms with van der Waals surface area (Å²) in [6.07, 6.45) is 1.45. The van der Waals surface area contributed by atoms with E-state index < -0.39 is 17.5 Å². The van der Waals surface area contributed by atoms with Gasteiger partial charge in [0.1, 0.15) is 11.8 Å². The highest BCUT2D eigenvalue weighted by atomic mass is 16.3. The number of hydrogen-bond donors (Lipinski definition) is 1. The minimum Gasteiger partial charge on any atom is -0.466 e. The number of carbonyl (C=O) groups is 2. The quantitative estimate of drug-likeness (QED) is 0.706. The number of nitrogens with one attached hydrogen (secondary N) is 1. The molecule has 1 N–H and O–H groups in total. The molecule has 28 heavy (non-hydrogen) atoms. The third-order valence-electron chi connectivity index (χ3n) is 4.87. The van der Waals surface area contributed by atoms with Gasteiger partial charge in [0.2, 0.25) is 0 Å². The van der Waals surface area contributed by atoms with Gasteiger partial charge in [0.25, 0.3) is 5.91 Å². The number of aromatic nitrogens is 2. The number of rotatable bonds is 4. The van der Waals surface area contributed by atoms with Crippen molar-refractivity contribution >= 4 is 11.9 Å². The summed E-state index contributed by atoms with van der Waals surface area (Å²) in [5, 5.41) is 16.7. The first-order chi connectivity index (χ1) is 13.5. The van der Waals surface area contributed by atoms with Crippen molar-refractivity contribution in [3.8, 4) is 11.8 Å². The normalized spacial score (nSPS) is 19.0. The molecule has 0 spiro atoms. The van der Waals surface area contributed by atoms with Gasteiger partial charge in [-0.25, -0.2) is 9.48 Å². The van der Waals surface area contributed by atoms with Crippen molar-refractivity contribution in [1.29, 1.82) is 5.26 Å². The van der Waals surface area contributed by atoms with Crippen LogP contribution in [-0.2, 0) is 16.9 Å². The van der Waals surface area contributed by atoms with Crippen LogP contribution in [0.15, 0.2) is 53.1 Å². The molecular formula is C20H17N5O3. The zero-order valence-electron chi connectivity index (χ0n) is 15.3. The topological polar surface area (TPSA) is 104 Å². The lowest BCUT2D eigenvalue weighted by Crippen LogP contribution is -2.40. The fourth-order valence-corrected chi connectivity index (χ4v) is 3.37. The zero-order valence-corrected chi connectivity index (χ0v) is 15.3. The highest BCUT2D eigenvalue weighted by Gasteiger charge is 2.51. The largest absolute Gasteiger partial charge is 0.466 e. The van der Waals surface area contributed by atoms with Crippen LogP contribution in [0.3, 0.4) is 0 Å². The minimum absolute atomic E-state index is 0.0837. The predicted octanol–water partition coefficient (Wildman–Crippen LogP) is 2.61. The predicted molar refractivity (Wildman–Crippen MR) is 98.2 cm³/mol. The van der Waals surface area contributed by atoms with Crippen molar-refractivity contribution in [3.63, 3.8) is 0 Å². The maximum atomic E-state index is 13.1. The first-order valence-electron chi connectivity index (χ1n) is 8.68. The van der Waals surface area contributed by atoms with Crippen molar-refractivity contribution in [2.24, 2.45) is 0 Å². The molecule has 1 saturated heterocycles. The zero-order chi connectivity index (χ0) is 19.9. The molecule has 1 fully saturated rings. The second-order valence-electron chi connectivity index (χ2n) is 6.69. The van der Waals surface area contributed by atoms with E-state index in [2.05, 4.69) is 16.5 Å². The van der Waals surface area contributed by atoms with Gasteiger partial charge >= 0.3 is 6.03 Å². The molecule has 3 heterocycles. The summed E-state index contributed by atoms with van der Waals surface area (Å²) in [6, 6.07) is 14.1. The van der Waals surface area contributed by atoms with Gasteiger partial charge in [-0.15, -0.1) is 0 Å². The number of para-hydroxylation sites is 1. The summed E-state index contributed by atoms with van der Waals surface area (Å²) in [5.74, 6) is -0.101. The van der Waals surface area contributed by atoms with E-state index in [1.165, 1.54) is 6.26 Å². The molecule has 0 radical (unpaired) electrons. The van der Waals surface area contributed by atoms with Crippen LogP contribution in [-0.4, -0.2) is 26.6 Å². The molecule has 1 atom stereocenters. The van der Waals surface area contributed by atoms with Gasteiger partial charge in [-0.2, -0.15) is 10.4 Å². The maximum Gasteiger partial charge on any atom is 0.325 e. The number of aryl methyl sites for hydroxylation is 1. The molecule has 1 unspecified atom stereocenters. The molecular weight excluding hydrogens is 358 g/mol. The summed E-state index contributed by atoms with van der Waals surface area (Å²) < 4.78 is 6.94. The number of furan rings is 1. The molecule has 3 amide bonds.